The van der Waals surface area contributed by atoms with E-state index in [0.29, 0.717) is 10.2 Å². The highest BCUT2D eigenvalue weighted by molar-refractivity contribution is 7.99. The van der Waals surface area contributed by atoms with Crippen LogP contribution in [0.15, 0.2) is 21.2 Å². The van der Waals surface area contributed by atoms with Gasteiger partial charge in [-0.05, 0) is 31.2 Å². The Morgan fingerprint density at radius 1 is 1.19 bits per heavy atom. The van der Waals surface area contributed by atoms with E-state index in [1.165, 1.54) is 27.9 Å². The van der Waals surface area contributed by atoms with Gasteiger partial charge in [0, 0.05) is 32.1 Å². The highest BCUT2D eigenvalue weighted by Crippen LogP contribution is 2.33. The van der Waals surface area contributed by atoms with Crippen LogP contribution in [0.1, 0.15) is 16.1 Å². The van der Waals surface area contributed by atoms with Gasteiger partial charge in [0.15, 0.2) is 16.0 Å². The number of hydrogen-bond acceptors (Lipinski definition) is 7. The van der Waals surface area contributed by atoms with Crippen LogP contribution in [-0.4, -0.2) is 33.6 Å². The average molecular weight is 415 g/mol. The van der Waals surface area contributed by atoms with Crippen molar-refractivity contribution in [3.63, 3.8) is 0 Å². The van der Waals surface area contributed by atoms with Crippen molar-refractivity contribution in [1.82, 2.24) is 19.5 Å². The van der Waals surface area contributed by atoms with E-state index in [1.807, 2.05) is 13.8 Å². The van der Waals surface area contributed by atoms with Crippen molar-refractivity contribution in [2.24, 2.45) is 7.05 Å². The molecule has 11 heteroatoms. The molecule has 0 aliphatic heterocycles. The van der Waals surface area contributed by atoms with Crippen LogP contribution in [0.25, 0.3) is 10.2 Å². The first-order chi connectivity index (χ1) is 12.5. The van der Waals surface area contributed by atoms with Gasteiger partial charge in [0.05, 0.1) is 5.39 Å². The number of aromatic nitrogens is 4. The van der Waals surface area contributed by atoms with Crippen molar-refractivity contribution >= 4 is 39.1 Å². The molecule has 144 valence electrons. The topological polar surface area (TPSA) is 63.9 Å². The summed E-state index contributed by atoms with van der Waals surface area (Å²) in [4.78, 5) is 27.8. The molecule has 3 heterocycles. The van der Waals surface area contributed by atoms with Gasteiger partial charge in [0.2, 0.25) is 0 Å². The quantitative estimate of drug-likeness (QED) is 0.609. The molecule has 0 aromatic carbocycles. The van der Waals surface area contributed by atoms with Crippen LogP contribution in [0.2, 0.25) is 0 Å². The fourth-order valence-corrected chi connectivity index (χ4v) is 4.24. The summed E-state index contributed by atoms with van der Waals surface area (Å²) in [6.07, 6.45) is -4.60. The van der Waals surface area contributed by atoms with E-state index in [2.05, 4.69) is 15.0 Å². The van der Waals surface area contributed by atoms with Crippen LogP contribution in [-0.2, 0) is 13.2 Å². The van der Waals surface area contributed by atoms with Crippen molar-refractivity contribution in [3.8, 4) is 0 Å². The maximum absolute atomic E-state index is 13.2. The SMILES string of the molecule is Cc1sc2nc(Sc3nc(N(C)C)cc(C(F)(F)F)n3)n(C)c(=O)c2c1C. The molecule has 0 N–H and O–H groups in total. The molecule has 0 aliphatic rings. The van der Waals surface area contributed by atoms with Crippen LogP contribution >= 0.6 is 23.1 Å². The van der Waals surface area contributed by atoms with Gasteiger partial charge in [-0.25, -0.2) is 15.0 Å². The predicted octanol–water partition coefficient (Wildman–Crippen LogP) is 3.64. The maximum Gasteiger partial charge on any atom is 0.433 e. The Labute approximate surface area is 161 Å². The summed E-state index contributed by atoms with van der Waals surface area (Å²) in [5.41, 5.74) is -0.424. The van der Waals surface area contributed by atoms with Crippen LogP contribution in [0.3, 0.4) is 0 Å². The molecule has 0 spiro atoms. The average Bonchev–Trinajstić information content (AvgIpc) is 2.85. The van der Waals surface area contributed by atoms with Crippen molar-refractivity contribution in [1.29, 1.82) is 0 Å². The van der Waals surface area contributed by atoms with Gasteiger partial charge < -0.3 is 4.90 Å². The number of alkyl halides is 3. The van der Waals surface area contributed by atoms with E-state index in [0.717, 1.165) is 28.3 Å². The van der Waals surface area contributed by atoms with Gasteiger partial charge >= 0.3 is 6.18 Å². The van der Waals surface area contributed by atoms with Crippen molar-refractivity contribution in [2.45, 2.75) is 30.3 Å². The summed E-state index contributed by atoms with van der Waals surface area (Å²) in [5.74, 6) is 0.119. The summed E-state index contributed by atoms with van der Waals surface area (Å²) in [5, 5.41) is 0.640. The zero-order chi connectivity index (χ0) is 20.1. The van der Waals surface area contributed by atoms with Gasteiger partial charge in [0.25, 0.3) is 5.56 Å². The second-order valence-corrected chi connectivity index (χ2v) is 8.25. The third-order valence-corrected chi connectivity index (χ3v) is 6.01. The van der Waals surface area contributed by atoms with Gasteiger partial charge in [-0.1, -0.05) is 0 Å². The molecule has 0 unspecified atom stereocenters. The molecular weight excluding hydrogens is 399 g/mol. The van der Waals surface area contributed by atoms with E-state index >= 15 is 0 Å². The molecule has 3 aromatic rings. The zero-order valence-corrected chi connectivity index (χ0v) is 16.8. The molecule has 0 amide bonds. The number of nitrogens with zero attached hydrogens (tertiary/aromatic N) is 5. The van der Waals surface area contributed by atoms with Gasteiger partial charge in [-0.3, -0.25) is 9.36 Å². The molecule has 0 fully saturated rings. The molecule has 6 nitrogen and oxygen atoms in total. The number of halogens is 3. The van der Waals surface area contributed by atoms with Crippen molar-refractivity contribution in [3.05, 3.63) is 32.6 Å². The third kappa shape index (κ3) is 3.65. The first kappa shape index (κ1) is 19.6. The number of rotatable bonds is 3. The van der Waals surface area contributed by atoms with Gasteiger partial charge in [-0.2, -0.15) is 13.2 Å². The van der Waals surface area contributed by atoms with E-state index in [4.69, 9.17) is 0 Å². The Kier molecular flexibility index (Phi) is 4.93. The molecule has 3 aromatic heterocycles. The summed E-state index contributed by atoms with van der Waals surface area (Å²) in [7, 11) is 4.71. The Bertz CT molecular complexity index is 1090. The number of hydrogen-bond donors (Lipinski definition) is 0. The molecule has 0 saturated carbocycles. The monoisotopic (exact) mass is 415 g/mol. The minimum atomic E-state index is -4.60. The second-order valence-electron chi connectivity index (χ2n) is 6.11. The Balaban J connectivity index is 2.14. The minimum absolute atomic E-state index is 0.119. The van der Waals surface area contributed by atoms with Crippen LogP contribution in [0.5, 0.6) is 0 Å². The Morgan fingerprint density at radius 2 is 1.85 bits per heavy atom. The fourth-order valence-electron chi connectivity index (χ4n) is 2.36. The lowest BCUT2D eigenvalue weighted by atomic mass is 10.2. The van der Waals surface area contributed by atoms with Gasteiger partial charge in [0.1, 0.15) is 10.6 Å². The number of aryl methyl sites for hydroxylation is 2. The summed E-state index contributed by atoms with van der Waals surface area (Å²) in [6.45, 7) is 3.75. The summed E-state index contributed by atoms with van der Waals surface area (Å²) < 4.78 is 40.8. The molecule has 0 saturated heterocycles. The zero-order valence-electron chi connectivity index (χ0n) is 15.2. The molecule has 0 bridgehead atoms. The number of fused-ring (bicyclic) bond motifs is 1. The van der Waals surface area contributed by atoms with Crippen LogP contribution in [0, 0.1) is 13.8 Å². The number of thiophene rings is 1. The molecule has 0 atom stereocenters. The summed E-state index contributed by atoms with van der Waals surface area (Å²) in [6, 6.07) is 0.881. The van der Waals surface area contributed by atoms with Gasteiger partial charge in [-0.15, -0.1) is 11.3 Å². The lowest BCUT2D eigenvalue weighted by Gasteiger charge is -2.15. The molecular formula is C16H16F3N5OS2. The second kappa shape index (κ2) is 6.79. The van der Waals surface area contributed by atoms with Crippen molar-refractivity contribution in [2.75, 3.05) is 19.0 Å². The summed E-state index contributed by atoms with van der Waals surface area (Å²) >= 11 is 2.20. The maximum atomic E-state index is 13.2. The molecule has 0 radical (unpaired) electrons. The molecule has 3 rings (SSSR count). The fraction of sp³-hybridized carbons (Fsp3) is 0.375. The van der Waals surface area contributed by atoms with E-state index in [-0.39, 0.29) is 21.7 Å². The standard InChI is InChI=1S/C16H16F3N5OS2/c1-7-8(2)26-12-11(7)13(25)24(5)15(22-12)27-14-20-9(16(17,18)19)6-10(21-14)23(3)4/h6H,1-5H3. The van der Waals surface area contributed by atoms with E-state index in [1.54, 1.807) is 14.1 Å². The lowest BCUT2D eigenvalue weighted by Crippen LogP contribution is -2.20. The smallest absolute Gasteiger partial charge is 0.363 e. The highest BCUT2D eigenvalue weighted by Gasteiger charge is 2.34. The largest absolute Gasteiger partial charge is 0.433 e. The van der Waals surface area contributed by atoms with Crippen LogP contribution in [0.4, 0.5) is 19.0 Å². The van der Waals surface area contributed by atoms with E-state index in [9.17, 15) is 18.0 Å². The van der Waals surface area contributed by atoms with E-state index < -0.39 is 11.9 Å². The van der Waals surface area contributed by atoms with Crippen molar-refractivity contribution < 1.29 is 13.2 Å². The third-order valence-electron chi connectivity index (χ3n) is 3.99. The predicted molar refractivity (Wildman–Crippen MR) is 99.8 cm³/mol. The normalized spacial score (nSPS) is 12.0. The molecule has 27 heavy (non-hydrogen) atoms. The Hall–Kier alpha value is -2.14. The Morgan fingerprint density at radius 3 is 2.44 bits per heavy atom. The highest BCUT2D eigenvalue weighted by atomic mass is 32.2. The lowest BCUT2D eigenvalue weighted by molar-refractivity contribution is -0.141. The molecule has 0 aliphatic carbocycles. The number of anilines is 1. The first-order valence-corrected chi connectivity index (χ1v) is 9.40. The first-order valence-electron chi connectivity index (χ1n) is 7.77. The van der Waals surface area contributed by atoms with Crippen LogP contribution < -0.4 is 10.5 Å². The minimum Gasteiger partial charge on any atom is -0.363 e.